The second kappa shape index (κ2) is 14.1. The fourth-order valence-electron chi connectivity index (χ4n) is 9.44. The first-order chi connectivity index (χ1) is 30.0. The fourth-order valence-corrected chi connectivity index (χ4v) is 9.44. The molecule has 0 amide bonds. The lowest BCUT2D eigenvalue weighted by Crippen LogP contribution is -2.11. The average molecular weight is 805 g/mol. The largest absolute Gasteiger partial charge is 0.455 e. The molecular formula is C58H48N2O2. The minimum atomic E-state index is 0.819. The quantitative estimate of drug-likeness (QED) is 0.168. The van der Waals surface area contributed by atoms with E-state index in [0.29, 0.717) is 0 Å². The third-order valence-electron chi connectivity index (χ3n) is 13.4. The summed E-state index contributed by atoms with van der Waals surface area (Å²) in [5.41, 5.74) is 20.4. The predicted octanol–water partition coefficient (Wildman–Crippen LogP) is 17.2. The van der Waals surface area contributed by atoms with E-state index in [4.69, 9.17) is 8.83 Å². The van der Waals surface area contributed by atoms with Crippen molar-refractivity contribution in [1.29, 1.82) is 0 Å². The summed E-state index contributed by atoms with van der Waals surface area (Å²) < 4.78 is 13.5. The van der Waals surface area contributed by atoms with Crippen LogP contribution in [-0.4, -0.2) is 0 Å². The number of rotatable bonds is 6. The van der Waals surface area contributed by atoms with Crippen LogP contribution in [-0.2, 0) is 0 Å². The van der Waals surface area contributed by atoms with Crippen molar-refractivity contribution >= 4 is 99.5 Å². The summed E-state index contributed by atoms with van der Waals surface area (Å²) in [6.45, 7) is 17.5. The zero-order valence-electron chi connectivity index (χ0n) is 36.6. The number of hydrogen-bond acceptors (Lipinski definition) is 4. The lowest BCUT2D eigenvalue weighted by molar-refractivity contribution is 0.660. The van der Waals surface area contributed by atoms with E-state index in [9.17, 15) is 0 Å². The Balaban J connectivity index is 1.01. The second-order valence-electron chi connectivity index (χ2n) is 17.5. The predicted molar refractivity (Wildman–Crippen MR) is 263 cm³/mol. The van der Waals surface area contributed by atoms with Gasteiger partial charge in [-0.2, -0.15) is 0 Å². The van der Waals surface area contributed by atoms with Gasteiger partial charge in [0.05, 0.1) is 0 Å². The molecule has 0 saturated heterocycles. The third kappa shape index (κ3) is 6.04. The van der Waals surface area contributed by atoms with Gasteiger partial charge < -0.3 is 18.6 Å². The molecule has 0 N–H and O–H groups in total. The van der Waals surface area contributed by atoms with Gasteiger partial charge in [-0.15, -0.1) is 0 Å². The summed E-state index contributed by atoms with van der Waals surface area (Å²) >= 11 is 0. The van der Waals surface area contributed by atoms with Gasteiger partial charge in [-0.25, -0.2) is 0 Å². The summed E-state index contributed by atoms with van der Waals surface area (Å²) in [6.07, 6.45) is 0. The maximum absolute atomic E-state index is 6.76. The van der Waals surface area contributed by atoms with E-state index in [0.717, 1.165) is 99.5 Å². The van der Waals surface area contributed by atoms with E-state index in [1.165, 1.54) is 44.5 Å². The number of hydrogen-bond donors (Lipinski definition) is 0. The molecule has 2 aromatic heterocycles. The number of fused-ring (bicyclic) bond motifs is 10. The van der Waals surface area contributed by atoms with E-state index in [1.54, 1.807) is 0 Å². The highest BCUT2D eigenvalue weighted by Crippen LogP contribution is 2.44. The first-order valence-corrected chi connectivity index (χ1v) is 21.6. The molecule has 62 heavy (non-hydrogen) atoms. The van der Waals surface area contributed by atoms with Crippen LogP contribution in [0.1, 0.15) is 44.5 Å². The number of aryl methyl sites for hydroxylation is 6. The van der Waals surface area contributed by atoms with Crippen LogP contribution in [0.15, 0.2) is 154 Å². The summed E-state index contributed by atoms with van der Waals surface area (Å²) in [5.74, 6) is 0. The molecule has 2 heterocycles. The number of anilines is 6. The Morgan fingerprint density at radius 3 is 1.03 bits per heavy atom. The summed E-state index contributed by atoms with van der Waals surface area (Å²) in [7, 11) is 0. The zero-order chi connectivity index (χ0) is 42.6. The number of nitrogens with zero attached hydrogens (tertiary/aromatic N) is 2. The maximum Gasteiger partial charge on any atom is 0.143 e. The van der Waals surface area contributed by atoms with Gasteiger partial charge in [-0.05, 0) is 203 Å². The Labute approximate surface area is 362 Å². The zero-order valence-corrected chi connectivity index (χ0v) is 36.6. The molecule has 0 fully saturated rings. The minimum Gasteiger partial charge on any atom is -0.455 e. The molecule has 0 aliphatic rings. The van der Waals surface area contributed by atoms with Crippen LogP contribution >= 0.6 is 0 Å². The molecule has 0 radical (unpaired) electrons. The van der Waals surface area contributed by atoms with Crippen LogP contribution in [0.4, 0.5) is 34.1 Å². The van der Waals surface area contributed by atoms with Crippen molar-refractivity contribution in [2.45, 2.75) is 55.4 Å². The van der Waals surface area contributed by atoms with E-state index in [2.05, 4.69) is 211 Å². The highest BCUT2D eigenvalue weighted by atomic mass is 16.3. The van der Waals surface area contributed by atoms with Crippen molar-refractivity contribution in [2.75, 3.05) is 9.80 Å². The van der Waals surface area contributed by atoms with Gasteiger partial charge in [-0.3, -0.25) is 0 Å². The molecule has 0 aliphatic heterocycles. The van der Waals surface area contributed by atoms with Crippen molar-refractivity contribution in [3.63, 3.8) is 0 Å². The van der Waals surface area contributed by atoms with E-state index in [-0.39, 0.29) is 0 Å². The van der Waals surface area contributed by atoms with Gasteiger partial charge in [0.1, 0.15) is 22.3 Å². The highest BCUT2D eigenvalue weighted by molar-refractivity contribution is 6.22. The highest BCUT2D eigenvalue weighted by Gasteiger charge is 2.21. The van der Waals surface area contributed by atoms with E-state index < -0.39 is 0 Å². The lowest BCUT2D eigenvalue weighted by atomic mass is 10.0. The van der Waals surface area contributed by atoms with Gasteiger partial charge in [-0.1, -0.05) is 47.5 Å². The Morgan fingerprint density at radius 1 is 0.290 bits per heavy atom. The SMILES string of the molecule is Cc1ccc(N(c2cc(C)c(C)c(C)c2)c2ccc3c(ccc4c5cc6c(cc5oc34)oc3c4ccc(N(c5ccc(C)cc5)c5cc(C)c(C)c(C)c5)cc4ccc63)c2)cc1. The molecule has 0 saturated carbocycles. The Bertz CT molecular complexity index is 3320. The molecule has 0 aliphatic carbocycles. The van der Waals surface area contributed by atoms with Crippen molar-refractivity contribution < 1.29 is 8.83 Å². The average Bonchev–Trinajstić information content (AvgIpc) is 3.82. The van der Waals surface area contributed by atoms with Crippen molar-refractivity contribution in [3.8, 4) is 0 Å². The monoisotopic (exact) mass is 804 g/mol. The normalized spacial score (nSPS) is 11.9. The molecule has 0 bridgehead atoms. The fraction of sp³-hybridized carbons (Fsp3) is 0.138. The lowest BCUT2D eigenvalue weighted by Gasteiger charge is -2.27. The number of benzene rings is 9. The van der Waals surface area contributed by atoms with Crippen LogP contribution in [0.5, 0.6) is 0 Å². The van der Waals surface area contributed by atoms with Crippen LogP contribution in [0.2, 0.25) is 0 Å². The van der Waals surface area contributed by atoms with E-state index in [1.807, 2.05) is 0 Å². The standard InChI is InChI=1S/C58H48N2O2/c1-33-9-15-43(16-10-33)59(47-25-35(3)39(7)36(4)26-47)45-19-23-49-41(29-45)13-21-51-53-31-54-52-22-14-42-30-46(20-24-50(42)58(52)62-56(54)32-55(53)61-57(49)51)60(44-17-11-34(2)12-18-44)48-27-37(5)40(8)38(6)28-48/h9-32H,1-8H3. The first kappa shape index (κ1) is 37.7. The van der Waals surface area contributed by atoms with Crippen LogP contribution in [0.25, 0.3) is 65.4 Å². The molecule has 11 aromatic rings. The van der Waals surface area contributed by atoms with E-state index >= 15 is 0 Å². The Kier molecular flexibility index (Phi) is 8.59. The van der Waals surface area contributed by atoms with Crippen molar-refractivity contribution in [1.82, 2.24) is 0 Å². The molecule has 302 valence electrons. The Morgan fingerprint density at radius 2 is 0.645 bits per heavy atom. The maximum atomic E-state index is 6.76. The molecule has 11 rings (SSSR count). The van der Waals surface area contributed by atoms with Crippen molar-refractivity contribution in [2.24, 2.45) is 0 Å². The number of furan rings is 2. The molecular weight excluding hydrogens is 757 g/mol. The summed E-state index contributed by atoms with van der Waals surface area (Å²) in [5, 5.41) is 8.78. The second-order valence-corrected chi connectivity index (χ2v) is 17.5. The molecule has 0 spiro atoms. The van der Waals surface area contributed by atoms with Gasteiger partial charge in [0.25, 0.3) is 0 Å². The third-order valence-corrected chi connectivity index (χ3v) is 13.4. The van der Waals surface area contributed by atoms with Crippen LogP contribution in [0.3, 0.4) is 0 Å². The van der Waals surface area contributed by atoms with Gasteiger partial charge >= 0.3 is 0 Å². The smallest absolute Gasteiger partial charge is 0.143 e. The molecule has 0 unspecified atom stereocenters. The van der Waals surface area contributed by atoms with Crippen LogP contribution in [0, 0.1) is 55.4 Å². The summed E-state index contributed by atoms with van der Waals surface area (Å²) in [6, 6.07) is 53.4. The molecule has 4 nitrogen and oxygen atoms in total. The van der Waals surface area contributed by atoms with Gasteiger partial charge in [0.2, 0.25) is 0 Å². The Hall–Kier alpha value is -7.30. The molecule has 4 heteroatoms. The summed E-state index contributed by atoms with van der Waals surface area (Å²) in [4.78, 5) is 4.72. The van der Waals surface area contributed by atoms with Crippen molar-refractivity contribution in [3.05, 3.63) is 190 Å². The first-order valence-electron chi connectivity index (χ1n) is 21.6. The molecule has 9 aromatic carbocycles. The van der Waals surface area contributed by atoms with Gasteiger partial charge in [0.15, 0.2) is 0 Å². The van der Waals surface area contributed by atoms with Gasteiger partial charge in [0, 0.05) is 72.5 Å². The van der Waals surface area contributed by atoms with Crippen LogP contribution < -0.4 is 9.80 Å². The molecule has 0 atom stereocenters. The topological polar surface area (TPSA) is 32.8 Å². The minimum absolute atomic E-state index is 0.819.